The lowest BCUT2D eigenvalue weighted by molar-refractivity contribution is 0.0733. The third-order valence-corrected chi connectivity index (χ3v) is 4.82. The van der Waals surface area contributed by atoms with E-state index in [0.717, 1.165) is 33.5 Å². The molecule has 124 valence electrons. The van der Waals surface area contributed by atoms with Crippen LogP contribution in [0.2, 0.25) is 0 Å². The molecule has 2 aromatic carbocycles. The van der Waals surface area contributed by atoms with E-state index in [2.05, 4.69) is 20.9 Å². The van der Waals surface area contributed by atoms with E-state index < -0.39 is 0 Å². The van der Waals surface area contributed by atoms with Crippen LogP contribution >= 0.6 is 15.9 Å². The summed E-state index contributed by atoms with van der Waals surface area (Å²) in [4.78, 5) is 23.8. The van der Waals surface area contributed by atoms with E-state index in [0.29, 0.717) is 18.7 Å². The molecular weight excluding hydrogens is 378 g/mol. The summed E-state index contributed by atoms with van der Waals surface area (Å²) in [6.07, 6.45) is 2.60. The van der Waals surface area contributed by atoms with E-state index in [1.165, 1.54) is 0 Å². The number of nitrogens with zero attached hydrogens (tertiary/aromatic N) is 3. The fourth-order valence-corrected chi connectivity index (χ4v) is 3.42. The van der Waals surface area contributed by atoms with Crippen LogP contribution in [0.4, 0.5) is 0 Å². The molecule has 5 heteroatoms. The first-order valence-electron chi connectivity index (χ1n) is 8.16. The molecule has 0 fully saturated rings. The van der Waals surface area contributed by atoms with Gasteiger partial charge in [0, 0.05) is 46.9 Å². The number of benzene rings is 2. The summed E-state index contributed by atoms with van der Waals surface area (Å²) in [5, 5.41) is 0. The van der Waals surface area contributed by atoms with Gasteiger partial charge in [0.2, 0.25) is 0 Å². The highest BCUT2D eigenvalue weighted by Gasteiger charge is 2.23. The molecule has 4 nitrogen and oxygen atoms in total. The molecule has 0 saturated carbocycles. The van der Waals surface area contributed by atoms with Crippen molar-refractivity contribution < 1.29 is 4.79 Å². The number of amides is 1. The van der Waals surface area contributed by atoms with Crippen LogP contribution in [0, 0.1) is 0 Å². The molecule has 0 radical (unpaired) electrons. The molecule has 3 aromatic rings. The van der Waals surface area contributed by atoms with Gasteiger partial charge in [0.1, 0.15) is 0 Å². The number of halogens is 1. The zero-order chi connectivity index (χ0) is 17.2. The summed E-state index contributed by atoms with van der Waals surface area (Å²) in [7, 11) is 0. The van der Waals surface area contributed by atoms with Gasteiger partial charge < -0.3 is 4.90 Å². The number of hydrogen-bond acceptors (Lipinski definition) is 3. The SMILES string of the molecule is O=C(c1cccc(Br)c1)N1CCc2nc(-c3ccccc3)ncc2C1. The van der Waals surface area contributed by atoms with Crippen molar-refractivity contribution in [2.24, 2.45) is 0 Å². The first kappa shape index (κ1) is 16.0. The Morgan fingerprint density at radius 2 is 1.92 bits per heavy atom. The van der Waals surface area contributed by atoms with Crippen LogP contribution in [0.25, 0.3) is 11.4 Å². The Hall–Kier alpha value is -2.53. The smallest absolute Gasteiger partial charge is 0.254 e. The van der Waals surface area contributed by atoms with Crippen LogP contribution in [-0.4, -0.2) is 27.3 Å². The average Bonchev–Trinajstić information content (AvgIpc) is 2.67. The summed E-state index contributed by atoms with van der Waals surface area (Å²) in [5.41, 5.74) is 3.76. The van der Waals surface area contributed by atoms with Crippen molar-refractivity contribution in [3.05, 3.63) is 82.1 Å². The predicted octanol–water partition coefficient (Wildman–Crippen LogP) is 4.10. The molecule has 4 rings (SSSR count). The summed E-state index contributed by atoms with van der Waals surface area (Å²) >= 11 is 3.42. The van der Waals surface area contributed by atoms with E-state index in [1.54, 1.807) is 0 Å². The maximum Gasteiger partial charge on any atom is 0.254 e. The molecule has 0 aliphatic carbocycles. The van der Waals surface area contributed by atoms with Crippen molar-refractivity contribution >= 4 is 21.8 Å². The van der Waals surface area contributed by atoms with Crippen molar-refractivity contribution in [1.29, 1.82) is 0 Å². The van der Waals surface area contributed by atoms with Gasteiger partial charge in [0.25, 0.3) is 5.91 Å². The number of rotatable bonds is 2. The van der Waals surface area contributed by atoms with E-state index in [9.17, 15) is 4.79 Å². The van der Waals surface area contributed by atoms with Gasteiger partial charge in [0.15, 0.2) is 5.82 Å². The maximum absolute atomic E-state index is 12.7. The first-order chi connectivity index (χ1) is 12.2. The van der Waals surface area contributed by atoms with Gasteiger partial charge in [-0.25, -0.2) is 9.97 Å². The Bertz CT molecular complexity index is 927. The van der Waals surface area contributed by atoms with Crippen molar-refractivity contribution in [2.75, 3.05) is 6.54 Å². The lowest BCUT2D eigenvalue weighted by Gasteiger charge is -2.28. The van der Waals surface area contributed by atoms with Gasteiger partial charge in [-0.2, -0.15) is 0 Å². The monoisotopic (exact) mass is 393 g/mol. The van der Waals surface area contributed by atoms with Crippen molar-refractivity contribution in [3.63, 3.8) is 0 Å². The second-order valence-corrected chi connectivity index (χ2v) is 6.93. The molecule has 25 heavy (non-hydrogen) atoms. The van der Waals surface area contributed by atoms with Gasteiger partial charge in [-0.1, -0.05) is 52.3 Å². The number of carbonyl (C=O) groups excluding carboxylic acids is 1. The molecule has 0 saturated heterocycles. The van der Waals surface area contributed by atoms with Crippen LogP contribution in [0.5, 0.6) is 0 Å². The van der Waals surface area contributed by atoms with Gasteiger partial charge in [-0.15, -0.1) is 0 Å². The predicted molar refractivity (Wildman–Crippen MR) is 100 cm³/mol. The van der Waals surface area contributed by atoms with Crippen LogP contribution in [0.15, 0.2) is 65.3 Å². The second-order valence-electron chi connectivity index (χ2n) is 6.02. The van der Waals surface area contributed by atoms with Gasteiger partial charge in [0.05, 0.1) is 5.69 Å². The summed E-state index contributed by atoms with van der Waals surface area (Å²) < 4.78 is 0.909. The lowest BCUT2D eigenvalue weighted by atomic mass is 10.1. The topological polar surface area (TPSA) is 46.1 Å². The number of fused-ring (bicyclic) bond motifs is 1. The Labute approximate surface area is 154 Å². The molecule has 1 amide bonds. The standard InChI is InChI=1S/C20H16BrN3O/c21-17-8-4-7-15(11-17)20(25)24-10-9-18-16(13-24)12-22-19(23-18)14-5-2-1-3-6-14/h1-8,11-12H,9-10,13H2. The lowest BCUT2D eigenvalue weighted by Crippen LogP contribution is -2.36. The summed E-state index contributed by atoms with van der Waals surface area (Å²) in [5.74, 6) is 0.783. The van der Waals surface area contributed by atoms with Crippen LogP contribution in [0.1, 0.15) is 21.6 Å². The van der Waals surface area contributed by atoms with Crippen LogP contribution < -0.4 is 0 Å². The third-order valence-electron chi connectivity index (χ3n) is 4.32. The number of hydrogen-bond donors (Lipinski definition) is 0. The largest absolute Gasteiger partial charge is 0.334 e. The highest BCUT2D eigenvalue weighted by molar-refractivity contribution is 9.10. The molecule has 0 spiro atoms. The fraction of sp³-hybridized carbons (Fsp3) is 0.150. The first-order valence-corrected chi connectivity index (χ1v) is 8.95. The number of aromatic nitrogens is 2. The highest BCUT2D eigenvalue weighted by atomic mass is 79.9. The van der Waals surface area contributed by atoms with Gasteiger partial charge in [-0.3, -0.25) is 4.79 Å². The van der Waals surface area contributed by atoms with Crippen molar-refractivity contribution in [2.45, 2.75) is 13.0 Å². The van der Waals surface area contributed by atoms with E-state index in [1.807, 2.05) is 65.7 Å². The molecular formula is C20H16BrN3O. The summed E-state index contributed by atoms with van der Waals surface area (Å²) in [6, 6.07) is 17.5. The molecule has 1 aliphatic rings. The third kappa shape index (κ3) is 3.33. The quantitative estimate of drug-likeness (QED) is 0.658. The van der Waals surface area contributed by atoms with E-state index >= 15 is 0 Å². The Balaban J connectivity index is 1.57. The molecule has 1 aliphatic heterocycles. The van der Waals surface area contributed by atoms with Gasteiger partial charge >= 0.3 is 0 Å². The number of carbonyl (C=O) groups is 1. The van der Waals surface area contributed by atoms with Crippen LogP contribution in [-0.2, 0) is 13.0 Å². The minimum Gasteiger partial charge on any atom is -0.334 e. The van der Waals surface area contributed by atoms with E-state index in [4.69, 9.17) is 4.98 Å². The molecule has 1 aromatic heterocycles. The Morgan fingerprint density at radius 3 is 2.72 bits per heavy atom. The highest BCUT2D eigenvalue weighted by Crippen LogP contribution is 2.22. The minimum atomic E-state index is 0.0408. The molecule has 2 heterocycles. The Kier molecular flexibility index (Phi) is 4.32. The average molecular weight is 394 g/mol. The van der Waals surface area contributed by atoms with Gasteiger partial charge in [-0.05, 0) is 18.2 Å². The van der Waals surface area contributed by atoms with Crippen molar-refractivity contribution in [1.82, 2.24) is 14.9 Å². The molecule has 0 atom stereocenters. The molecule has 0 N–H and O–H groups in total. The molecule has 0 bridgehead atoms. The zero-order valence-electron chi connectivity index (χ0n) is 13.5. The van der Waals surface area contributed by atoms with E-state index in [-0.39, 0.29) is 5.91 Å². The Morgan fingerprint density at radius 1 is 1.08 bits per heavy atom. The van der Waals surface area contributed by atoms with Crippen molar-refractivity contribution in [3.8, 4) is 11.4 Å². The molecule has 0 unspecified atom stereocenters. The maximum atomic E-state index is 12.7. The second kappa shape index (κ2) is 6.76. The van der Waals surface area contributed by atoms with Crippen LogP contribution in [0.3, 0.4) is 0 Å². The minimum absolute atomic E-state index is 0.0408. The fourth-order valence-electron chi connectivity index (χ4n) is 3.02. The zero-order valence-corrected chi connectivity index (χ0v) is 15.1. The summed E-state index contributed by atoms with van der Waals surface area (Å²) in [6.45, 7) is 1.22. The normalized spacial score (nSPS) is 13.4.